The molecule has 0 aliphatic rings. The molecule has 9 heteroatoms. The summed E-state index contributed by atoms with van der Waals surface area (Å²) in [7, 11) is 1.65. The number of carbonyl (C=O) groups excluding carboxylic acids is 1. The number of pyridine rings is 1. The third-order valence-electron chi connectivity index (χ3n) is 4.55. The Kier molecular flexibility index (Phi) is 4.77. The van der Waals surface area contributed by atoms with Crippen molar-refractivity contribution in [2.24, 2.45) is 7.05 Å². The van der Waals surface area contributed by atoms with E-state index in [0.717, 1.165) is 10.1 Å². The van der Waals surface area contributed by atoms with Crippen molar-refractivity contribution < 1.29 is 4.79 Å². The van der Waals surface area contributed by atoms with Crippen LogP contribution in [0.3, 0.4) is 0 Å². The van der Waals surface area contributed by atoms with Crippen LogP contribution in [-0.2, 0) is 13.6 Å². The first-order valence-corrected chi connectivity index (χ1v) is 9.11. The van der Waals surface area contributed by atoms with Crippen LogP contribution in [-0.4, -0.2) is 25.0 Å². The summed E-state index contributed by atoms with van der Waals surface area (Å²) < 4.78 is 2.54. The Balaban J connectivity index is 1.76. The number of aromatic nitrogens is 4. The van der Waals surface area contributed by atoms with Gasteiger partial charge in [-0.05, 0) is 42.0 Å². The van der Waals surface area contributed by atoms with Crippen molar-refractivity contribution in [2.45, 2.75) is 6.54 Å². The van der Waals surface area contributed by atoms with E-state index in [9.17, 15) is 14.4 Å². The molecule has 0 radical (unpaired) electrons. The Labute approximate surface area is 169 Å². The van der Waals surface area contributed by atoms with Gasteiger partial charge in [-0.1, -0.05) is 11.6 Å². The molecule has 0 saturated carbocycles. The van der Waals surface area contributed by atoms with E-state index in [-0.39, 0.29) is 16.6 Å². The van der Waals surface area contributed by atoms with Crippen LogP contribution in [0.2, 0.25) is 5.02 Å². The molecule has 0 fully saturated rings. The van der Waals surface area contributed by atoms with Gasteiger partial charge in [-0.3, -0.25) is 14.6 Å². The Morgan fingerprint density at radius 2 is 1.83 bits per heavy atom. The molecule has 146 valence electrons. The lowest BCUT2D eigenvalue weighted by Gasteiger charge is -2.07. The van der Waals surface area contributed by atoms with Gasteiger partial charge in [-0.25, -0.2) is 9.36 Å². The predicted molar refractivity (Wildman–Crippen MR) is 110 cm³/mol. The van der Waals surface area contributed by atoms with Gasteiger partial charge in [0.25, 0.3) is 11.5 Å². The van der Waals surface area contributed by atoms with Gasteiger partial charge in [0.2, 0.25) is 0 Å². The van der Waals surface area contributed by atoms with Gasteiger partial charge in [0, 0.05) is 37.2 Å². The quantitative estimate of drug-likeness (QED) is 0.538. The first-order valence-electron chi connectivity index (χ1n) is 8.73. The molecule has 0 aliphatic carbocycles. The molecule has 1 amide bonds. The first kappa shape index (κ1) is 18.7. The molecule has 3 heterocycles. The standard InChI is InChI=1S/C20H16ClN5O3/c1-25-11-15(18(27)23-10-12-6-8-22-9-7-12)16-17(25)19(28)26(20(29)24-16)14-4-2-13(21)3-5-14/h2-9,11H,10H2,1H3,(H,23,27)(H,24,29). The largest absolute Gasteiger partial charge is 0.348 e. The van der Waals surface area contributed by atoms with Gasteiger partial charge in [0.15, 0.2) is 0 Å². The number of nitrogens with zero attached hydrogens (tertiary/aromatic N) is 3. The smallest absolute Gasteiger partial charge is 0.333 e. The number of H-pyrrole nitrogens is 1. The molecular formula is C20H16ClN5O3. The molecule has 4 aromatic rings. The van der Waals surface area contributed by atoms with Crippen molar-refractivity contribution in [2.75, 3.05) is 0 Å². The number of carbonyl (C=O) groups is 1. The van der Waals surface area contributed by atoms with Crippen LogP contribution in [0.1, 0.15) is 15.9 Å². The molecule has 0 aliphatic heterocycles. The minimum atomic E-state index is -0.640. The van der Waals surface area contributed by atoms with Crippen LogP contribution >= 0.6 is 11.6 Å². The normalized spacial score (nSPS) is 11.0. The van der Waals surface area contributed by atoms with E-state index >= 15 is 0 Å². The molecule has 0 saturated heterocycles. The number of aromatic amines is 1. The maximum absolute atomic E-state index is 13.0. The van der Waals surface area contributed by atoms with Crippen LogP contribution in [0.5, 0.6) is 0 Å². The average molecular weight is 410 g/mol. The summed E-state index contributed by atoms with van der Waals surface area (Å²) in [6, 6.07) is 9.92. The Morgan fingerprint density at radius 3 is 2.52 bits per heavy atom. The molecular weight excluding hydrogens is 394 g/mol. The van der Waals surface area contributed by atoms with Crippen molar-refractivity contribution in [1.29, 1.82) is 0 Å². The highest BCUT2D eigenvalue weighted by molar-refractivity contribution is 6.30. The molecule has 0 unspecified atom stereocenters. The van der Waals surface area contributed by atoms with Gasteiger partial charge < -0.3 is 14.9 Å². The van der Waals surface area contributed by atoms with E-state index in [4.69, 9.17) is 11.6 Å². The zero-order valence-corrected chi connectivity index (χ0v) is 16.1. The monoisotopic (exact) mass is 409 g/mol. The van der Waals surface area contributed by atoms with Gasteiger partial charge >= 0.3 is 5.69 Å². The summed E-state index contributed by atoms with van der Waals surface area (Å²) in [6.07, 6.45) is 4.79. The summed E-state index contributed by atoms with van der Waals surface area (Å²) in [4.78, 5) is 44.9. The SMILES string of the molecule is Cn1cc(C(=O)NCc2ccncc2)c2[nH]c(=O)n(-c3ccc(Cl)cc3)c(=O)c21. The number of nitrogens with one attached hydrogen (secondary N) is 2. The highest BCUT2D eigenvalue weighted by Crippen LogP contribution is 2.16. The minimum absolute atomic E-state index is 0.194. The van der Waals surface area contributed by atoms with Gasteiger partial charge in [0.05, 0.1) is 16.8 Å². The number of aryl methyl sites for hydroxylation is 1. The van der Waals surface area contributed by atoms with Crippen molar-refractivity contribution in [3.8, 4) is 5.69 Å². The first-order chi connectivity index (χ1) is 14.0. The van der Waals surface area contributed by atoms with Crippen LogP contribution in [0, 0.1) is 0 Å². The third-order valence-corrected chi connectivity index (χ3v) is 4.81. The Bertz CT molecular complexity index is 1320. The van der Waals surface area contributed by atoms with E-state index < -0.39 is 17.2 Å². The minimum Gasteiger partial charge on any atom is -0.348 e. The average Bonchev–Trinajstić information content (AvgIpc) is 3.04. The number of rotatable bonds is 4. The number of halogens is 1. The van der Waals surface area contributed by atoms with Crippen LogP contribution < -0.4 is 16.6 Å². The second-order valence-corrected chi connectivity index (χ2v) is 6.90. The van der Waals surface area contributed by atoms with Crippen molar-refractivity contribution in [1.82, 2.24) is 24.4 Å². The van der Waals surface area contributed by atoms with E-state index in [1.165, 1.54) is 10.8 Å². The molecule has 2 N–H and O–H groups in total. The van der Waals surface area contributed by atoms with Crippen LogP contribution in [0.25, 0.3) is 16.7 Å². The zero-order chi connectivity index (χ0) is 20.5. The molecule has 4 rings (SSSR count). The number of amides is 1. The van der Waals surface area contributed by atoms with Crippen molar-refractivity contribution in [3.05, 3.63) is 92.0 Å². The summed E-state index contributed by atoms with van der Waals surface area (Å²) in [5, 5.41) is 3.28. The lowest BCUT2D eigenvalue weighted by molar-refractivity contribution is 0.0952. The number of benzene rings is 1. The predicted octanol–water partition coefficient (Wildman–Crippen LogP) is 2.00. The summed E-state index contributed by atoms with van der Waals surface area (Å²) >= 11 is 5.89. The van der Waals surface area contributed by atoms with E-state index in [2.05, 4.69) is 15.3 Å². The number of hydrogen-bond donors (Lipinski definition) is 2. The second-order valence-electron chi connectivity index (χ2n) is 6.46. The second kappa shape index (κ2) is 7.40. The molecule has 8 nitrogen and oxygen atoms in total. The highest BCUT2D eigenvalue weighted by Gasteiger charge is 2.20. The van der Waals surface area contributed by atoms with E-state index in [1.807, 2.05) is 0 Å². The fourth-order valence-corrected chi connectivity index (χ4v) is 3.27. The van der Waals surface area contributed by atoms with Gasteiger partial charge in [0.1, 0.15) is 5.52 Å². The Hall–Kier alpha value is -3.65. The number of fused-ring (bicyclic) bond motifs is 1. The summed E-state index contributed by atoms with van der Waals surface area (Å²) in [5.74, 6) is -0.397. The summed E-state index contributed by atoms with van der Waals surface area (Å²) in [6.45, 7) is 0.295. The highest BCUT2D eigenvalue weighted by atomic mass is 35.5. The lowest BCUT2D eigenvalue weighted by Crippen LogP contribution is -2.34. The van der Waals surface area contributed by atoms with E-state index in [0.29, 0.717) is 17.3 Å². The summed E-state index contributed by atoms with van der Waals surface area (Å²) in [5.41, 5.74) is 0.725. The van der Waals surface area contributed by atoms with Gasteiger partial charge in [-0.15, -0.1) is 0 Å². The van der Waals surface area contributed by atoms with Crippen LogP contribution in [0.15, 0.2) is 64.6 Å². The molecule has 3 aromatic heterocycles. The Morgan fingerprint density at radius 1 is 1.14 bits per heavy atom. The fourth-order valence-electron chi connectivity index (χ4n) is 3.15. The maximum Gasteiger partial charge on any atom is 0.333 e. The van der Waals surface area contributed by atoms with Crippen molar-refractivity contribution >= 4 is 28.5 Å². The maximum atomic E-state index is 13.0. The topological polar surface area (TPSA) is 102 Å². The third kappa shape index (κ3) is 3.45. The molecule has 0 atom stereocenters. The fraction of sp³-hybridized carbons (Fsp3) is 0.100. The lowest BCUT2D eigenvalue weighted by atomic mass is 10.2. The molecule has 1 aromatic carbocycles. The van der Waals surface area contributed by atoms with Crippen LogP contribution in [0.4, 0.5) is 0 Å². The van der Waals surface area contributed by atoms with E-state index in [1.54, 1.807) is 55.8 Å². The number of hydrogen-bond acceptors (Lipinski definition) is 4. The molecule has 0 bridgehead atoms. The van der Waals surface area contributed by atoms with Crippen molar-refractivity contribution in [3.63, 3.8) is 0 Å². The van der Waals surface area contributed by atoms with Gasteiger partial charge in [-0.2, -0.15) is 0 Å². The zero-order valence-electron chi connectivity index (χ0n) is 15.3. The molecule has 0 spiro atoms. The molecule has 29 heavy (non-hydrogen) atoms.